The van der Waals surface area contributed by atoms with Crippen molar-refractivity contribution in [3.63, 3.8) is 0 Å². The Morgan fingerprint density at radius 3 is 2.44 bits per heavy atom. The molecule has 0 aromatic heterocycles. The topological polar surface area (TPSA) is 129 Å². The molecule has 0 bridgehead atoms. The van der Waals surface area contributed by atoms with Gasteiger partial charge >= 0.3 is 6.09 Å². The number of sulfonamides is 1. The Morgan fingerprint density at radius 1 is 1.07 bits per heavy atom. The summed E-state index contributed by atoms with van der Waals surface area (Å²) < 4.78 is 51.3. The lowest BCUT2D eigenvalue weighted by Crippen LogP contribution is -2.55. The number of nitrogens with zero attached hydrogens (tertiary/aromatic N) is 1. The summed E-state index contributed by atoms with van der Waals surface area (Å²) in [5.41, 5.74) is 7.71. The van der Waals surface area contributed by atoms with Crippen molar-refractivity contribution in [2.75, 3.05) is 33.4 Å². The highest BCUT2D eigenvalue weighted by molar-refractivity contribution is 7.89. The van der Waals surface area contributed by atoms with Gasteiger partial charge in [-0.1, -0.05) is 57.0 Å². The standard InChI is InChI=1S/C30H43N3O7S/c1-4-21(5-2)18-33(41(35,36)24-13-11-23(37-3)12-14-24)19-26(31)27(17-22-9-7-6-8-10-22)32-30(34)40-28-20-39-29-25(28)15-16-38-29/h6-14,21,25-29H,4-5,15-20,31H2,1-3H3,(H,32,34)/t25-,26+,27-,28-,29+/m0/s1. The van der Waals surface area contributed by atoms with Crippen LogP contribution in [0.1, 0.15) is 38.7 Å². The van der Waals surface area contributed by atoms with Crippen LogP contribution in [0.3, 0.4) is 0 Å². The van der Waals surface area contributed by atoms with E-state index in [1.54, 1.807) is 24.3 Å². The van der Waals surface area contributed by atoms with E-state index >= 15 is 0 Å². The van der Waals surface area contributed by atoms with Crippen molar-refractivity contribution in [1.82, 2.24) is 9.62 Å². The third-order valence-corrected chi connectivity index (χ3v) is 9.94. The van der Waals surface area contributed by atoms with Crippen LogP contribution in [0, 0.1) is 11.8 Å². The summed E-state index contributed by atoms with van der Waals surface area (Å²) in [4.78, 5) is 13.3. The van der Waals surface area contributed by atoms with E-state index in [0.717, 1.165) is 24.8 Å². The van der Waals surface area contributed by atoms with Crippen LogP contribution in [0.4, 0.5) is 4.79 Å². The van der Waals surface area contributed by atoms with Gasteiger partial charge in [0, 0.05) is 19.1 Å². The molecule has 0 unspecified atom stereocenters. The number of amides is 1. The Kier molecular flexibility index (Phi) is 11.0. The lowest BCUT2D eigenvalue weighted by Gasteiger charge is -2.32. The Bertz CT molecular complexity index is 1210. The maximum atomic E-state index is 13.9. The Hall–Kier alpha value is -2.70. The number of hydrogen-bond donors (Lipinski definition) is 2. The molecule has 10 nitrogen and oxygen atoms in total. The number of alkyl carbamates (subject to hydrolysis) is 1. The molecule has 4 rings (SSSR count). The lowest BCUT2D eigenvalue weighted by molar-refractivity contribution is -0.0907. The maximum absolute atomic E-state index is 13.9. The van der Waals surface area contributed by atoms with Crippen LogP contribution in [0.15, 0.2) is 59.5 Å². The minimum atomic E-state index is -3.88. The van der Waals surface area contributed by atoms with E-state index in [4.69, 9.17) is 24.7 Å². The molecule has 1 amide bonds. The second-order valence-electron chi connectivity index (χ2n) is 10.8. The molecule has 0 radical (unpaired) electrons. The Morgan fingerprint density at radius 2 is 1.78 bits per heavy atom. The van der Waals surface area contributed by atoms with E-state index in [9.17, 15) is 13.2 Å². The van der Waals surface area contributed by atoms with Crippen molar-refractivity contribution >= 4 is 16.1 Å². The fourth-order valence-corrected chi connectivity index (χ4v) is 6.97. The molecule has 2 aromatic rings. The summed E-state index contributed by atoms with van der Waals surface area (Å²) in [5.74, 6) is 0.734. The van der Waals surface area contributed by atoms with Crippen LogP contribution < -0.4 is 15.8 Å². The van der Waals surface area contributed by atoms with Crippen molar-refractivity contribution in [2.24, 2.45) is 17.6 Å². The van der Waals surface area contributed by atoms with Crippen LogP contribution in [-0.4, -0.2) is 76.7 Å². The van der Waals surface area contributed by atoms with Gasteiger partial charge in [-0.3, -0.25) is 0 Å². The van der Waals surface area contributed by atoms with Crippen LogP contribution in [0.5, 0.6) is 5.75 Å². The molecular weight excluding hydrogens is 546 g/mol. The van der Waals surface area contributed by atoms with Crippen molar-refractivity contribution in [1.29, 1.82) is 0 Å². The van der Waals surface area contributed by atoms with Crippen LogP contribution in [0.25, 0.3) is 0 Å². The number of benzene rings is 2. The van der Waals surface area contributed by atoms with Gasteiger partial charge in [0.15, 0.2) is 6.29 Å². The maximum Gasteiger partial charge on any atom is 0.407 e. The first-order valence-corrected chi connectivity index (χ1v) is 15.8. The molecule has 2 saturated heterocycles. The van der Waals surface area contributed by atoms with E-state index in [2.05, 4.69) is 19.2 Å². The second-order valence-corrected chi connectivity index (χ2v) is 12.7. The number of fused-ring (bicyclic) bond motifs is 1. The van der Waals surface area contributed by atoms with Crippen molar-refractivity contribution in [2.45, 2.75) is 68.9 Å². The van der Waals surface area contributed by atoms with Gasteiger partial charge in [0.1, 0.15) is 11.9 Å². The summed E-state index contributed by atoms with van der Waals surface area (Å²) >= 11 is 0. The third-order valence-electron chi connectivity index (χ3n) is 8.09. The molecule has 0 saturated carbocycles. The summed E-state index contributed by atoms with van der Waals surface area (Å²) in [6, 6.07) is 14.7. The first-order valence-electron chi connectivity index (χ1n) is 14.4. The van der Waals surface area contributed by atoms with Crippen LogP contribution in [-0.2, 0) is 30.7 Å². The molecular formula is C30H43N3O7S. The van der Waals surface area contributed by atoms with E-state index in [1.807, 2.05) is 30.3 Å². The molecule has 0 aliphatic carbocycles. The number of ether oxygens (including phenoxy) is 4. The quantitative estimate of drug-likeness (QED) is 0.342. The first-order chi connectivity index (χ1) is 19.7. The smallest absolute Gasteiger partial charge is 0.407 e. The predicted octanol–water partition coefficient (Wildman–Crippen LogP) is 3.55. The highest BCUT2D eigenvalue weighted by Gasteiger charge is 2.44. The largest absolute Gasteiger partial charge is 0.497 e. The van der Waals surface area contributed by atoms with Gasteiger partial charge in [-0.2, -0.15) is 4.31 Å². The number of methoxy groups -OCH3 is 1. The van der Waals surface area contributed by atoms with Gasteiger partial charge in [0.2, 0.25) is 10.0 Å². The number of nitrogens with two attached hydrogens (primary N) is 1. The van der Waals surface area contributed by atoms with Crippen molar-refractivity contribution in [3.8, 4) is 5.75 Å². The van der Waals surface area contributed by atoms with Gasteiger partial charge in [-0.25, -0.2) is 13.2 Å². The van der Waals surface area contributed by atoms with Crippen molar-refractivity contribution in [3.05, 3.63) is 60.2 Å². The summed E-state index contributed by atoms with van der Waals surface area (Å²) in [6.45, 7) is 5.30. The molecule has 11 heteroatoms. The van der Waals surface area contributed by atoms with Crippen LogP contribution >= 0.6 is 0 Å². The normalized spacial score (nSPS) is 22.0. The highest BCUT2D eigenvalue weighted by Crippen LogP contribution is 2.33. The summed E-state index contributed by atoms with van der Waals surface area (Å²) in [6.07, 6.45) is 1.49. The fraction of sp³-hybridized carbons (Fsp3) is 0.567. The molecule has 2 aliphatic rings. The molecule has 3 N–H and O–H groups in total. The lowest BCUT2D eigenvalue weighted by atomic mass is 9.99. The van der Waals surface area contributed by atoms with E-state index in [-0.39, 0.29) is 36.2 Å². The summed E-state index contributed by atoms with van der Waals surface area (Å²) in [7, 11) is -2.34. The molecule has 0 spiro atoms. The zero-order chi connectivity index (χ0) is 29.4. The number of nitrogens with one attached hydrogen (secondary N) is 1. The molecule has 2 heterocycles. The van der Waals surface area contributed by atoms with Gasteiger partial charge in [-0.05, 0) is 48.6 Å². The number of hydrogen-bond acceptors (Lipinski definition) is 8. The van der Waals surface area contributed by atoms with Crippen molar-refractivity contribution < 1.29 is 32.2 Å². The minimum Gasteiger partial charge on any atom is -0.497 e. The van der Waals surface area contributed by atoms with Gasteiger partial charge in [0.05, 0.1) is 37.2 Å². The van der Waals surface area contributed by atoms with Gasteiger partial charge in [0.25, 0.3) is 0 Å². The van der Waals surface area contributed by atoms with E-state index in [1.165, 1.54) is 11.4 Å². The van der Waals surface area contributed by atoms with Crippen LogP contribution in [0.2, 0.25) is 0 Å². The average molecular weight is 590 g/mol. The molecule has 2 aliphatic heterocycles. The minimum absolute atomic E-state index is 0.00662. The fourth-order valence-electron chi connectivity index (χ4n) is 5.41. The summed E-state index contributed by atoms with van der Waals surface area (Å²) in [5, 5.41) is 2.94. The monoisotopic (exact) mass is 589 g/mol. The number of rotatable bonds is 14. The number of carbonyl (C=O) groups is 1. The molecule has 5 atom stereocenters. The third kappa shape index (κ3) is 7.98. The first kappa shape index (κ1) is 31.2. The highest BCUT2D eigenvalue weighted by atomic mass is 32.2. The molecule has 2 aromatic carbocycles. The zero-order valence-corrected chi connectivity index (χ0v) is 24.9. The second kappa shape index (κ2) is 14.5. The average Bonchev–Trinajstić information content (AvgIpc) is 3.60. The van der Waals surface area contributed by atoms with E-state index < -0.39 is 34.3 Å². The zero-order valence-electron chi connectivity index (χ0n) is 24.1. The molecule has 2 fully saturated rings. The van der Waals surface area contributed by atoms with E-state index in [0.29, 0.717) is 25.3 Å². The SMILES string of the molecule is CCC(CC)CN(C[C@@H](N)[C@H](Cc1ccccc1)NC(=O)O[C@H]1CO[C@H]2OCC[C@H]21)S(=O)(=O)c1ccc(OC)cc1. The Balaban J connectivity index is 1.54. The molecule has 41 heavy (non-hydrogen) atoms. The Labute approximate surface area is 243 Å². The number of carbonyl (C=O) groups excluding carboxylic acids is 1. The van der Waals surface area contributed by atoms with Gasteiger partial charge in [-0.15, -0.1) is 0 Å². The van der Waals surface area contributed by atoms with Gasteiger partial charge < -0.3 is 30.0 Å². The predicted molar refractivity (Wildman–Crippen MR) is 155 cm³/mol. The molecule has 226 valence electrons.